The van der Waals surface area contributed by atoms with E-state index in [2.05, 4.69) is 36.6 Å². The Kier molecular flexibility index (Phi) is 4.75. The number of methoxy groups -OCH3 is 1. The van der Waals surface area contributed by atoms with Crippen molar-refractivity contribution in [2.75, 3.05) is 7.11 Å². The molecule has 2 atom stereocenters. The molecule has 2 nitrogen and oxygen atoms in total. The topological polar surface area (TPSA) is 35.2 Å². The van der Waals surface area contributed by atoms with Crippen LogP contribution in [0.5, 0.6) is 0 Å². The molecule has 18 heavy (non-hydrogen) atoms. The largest absolute Gasteiger partial charge is 0.380 e. The number of rotatable bonds is 6. The van der Waals surface area contributed by atoms with E-state index in [1.807, 2.05) is 0 Å². The van der Waals surface area contributed by atoms with Crippen molar-refractivity contribution >= 4 is 21.4 Å². The van der Waals surface area contributed by atoms with Gasteiger partial charge in [0.05, 0.1) is 6.10 Å². The maximum Gasteiger partial charge on any atom is 0.0725 e. The minimum atomic E-state index is 0.0768. The van der Waals surface area contributed by atoms with Crippen LogP contribution in [0.1, 0.15) is 25.3 Å². The zero-order valence-electron chi connectivity index (χ0n) is 11.1. The van der Waals surface area contributed by atoms with Crippen molar-refractivity contribution in [3.8, 4) is 0 Å². The summed E-state index contributed by atoms with van der Waals surface area (Å²) in [5.74, 6) is 0. The highest BCUT2D eigenvalue weighted by Crippen LogP contribution is 2.27. The Balaban J connectivity index is 2.13. The molecule has 0 aliphatic carbocycles. The number of ether oxygens (including phenoxy) is 1. The van der Waals surface area contributed by atoms with Gasteiger partial charge in [-0.2, -0.15) is 0 Å². The summed E-state index contributed by atoms with van der Waals surface area (Å²) < 4.78 is 6.83. The number of benzene rings is 1. The van der Waals surface area contributed by atoms with E-state index in [0.717, 1.165) is 19.3 Å². The third-order valence-corrected chi connectivity index (χ3v) is 4.38. The van der Waals surface area contributed by atoms with Crippen molar-refractivity contribution in [3.05, 3.63) is 35.2 Å². The molecule has 1 aromatic heterocycles. The summed E-state index contributed by atoms with van der Waals surface area (Å²) >= 11 is 1.79. The Labute approximate surface area is 113 Å². The van der Waals surface area contributed by atoms with E-state index in [1.165, 1.54) is 15.6 Å². The van der Waals surface area contributed by atoms with Crippen LogP contribution in [-0.2, 0) is 11.2 Å². The van der Waals surface area contributed by atoms with Crippen LogP contribution in [0, 0.1) is 0 Å². The van der Waals surface area contributed by atoms with Gasteiger partial charge in [0.1, 0.15) is 0 Å². The Morgan fingerprint density at radius 1 is 1.33 bits per heavy atom. The third-order valence-electron chi connectivity index (χ3n) is 3.37. The second kappa shape index (κ2) is 6.32. The second-order valence-corrected chi connectivity index (χ2v) is 5.60. The Morgan fingerprint density at radius 2 is 2.11 bits per heavy atom. The zero-order valence-corrected chi connectivity index (χ0v) is 11.9. The van der Waals surface area contributed by atoms with Gasteiger partial charge < -0.3 is 10.5 Å². The van der Waals surface area contributed by atoms with Crippen LogP contribution in [0.4, 0.5) is 0 Å². The van der Waals surface area contributed by atoms with Crippen LogP contribution in [-0.4, -0.2) is 19.3 Å². The van der Waals surface area contributed by atoms with Crippen molar-refractivity contribution in [1.29, 1.82) is 0 Å². The predicted octanol–water partition coefficient (Wildman–Crippen LogP) is 3.59. The number of nitrogens with two attached hydrogens (primary N) is 1. The molecule has 0 saturated heterocycles. The van der Waals surface area contributed by atoms with Crippen molar-refractivity contribution < 1.29 is 4.74 Å². The lowest BCUT2D eigenvalue weighted by Gasteiger charge is -2.21. The van der Waals surface area contributed by atoms with E-state index < -0.39 is 0 Å². The van der Waals surface area contributed by atoms with Crippen molar-refractivity contribution in [2.24, 2.45) is 5.73 Å². The van der Waals surface area contributed by atoms with Gasteiger partial charge in [0, 0.05) is 17.9 Å². The Bertz CT molecular complexity index is 494. The molecule has 0 aliphatic rings. The number of fused-ring (bicyclic) bond motifs is 1. The van der Waals surface area contributed by atoms with Crippen molar-refractivity contribution in [2.45, 2.75) is 38.3 Å². The van der Waals surface area contributed by atoms with Crippen molar-refractivity contribution in [1.82, 2.24) is 0 Å². The highest BCUT2D eigenvalue weighted by molar-refractivity contribution is 7.17. The molecule has 2 aromatic rings. The zero-order chi connectivity index (χ0) is 13.0. The molecule has 1 aromatic carbocycles. The molecule has 1 heterocycles. The van der Waals surface area contributed by atoms with Gasteiger partial charge in [0.25, 0.3) is 0 Å². The van der Waals surface area contributed by atoms with E-state index in [4.69, 9.17) is 10.5 Å². The number of thiophene rings is 1. The van der Waals surface area contributed by atoms with Gasteiger partial charge in [0.2, 0.25) is 0 Å². The summed E-state index contributed by atoms with van der Waals surface area (Å²) in [6, 6.07) is 8.58. The first-order chi connectivity index (χ1) is 8.76. The molecule has 0 radical (unpaired) electrons. The molecule has 2 rings (SSSR count). The Morgan fingerprint density at radius 3 is 2.83 bits per heavy atom. The average molecular weight is 263 g/mol. The summed E-state index contributed by atoms with van der Waals surface area (Å²) in [4.78, 5) is 0. The molecular weight excluding hydrogens is 242 g/mol. The fourth-order valence-electron chi connectivity index (χ4n) is 2.37. The summed E-state index contributed by atoms with van der Waals surface area (Å²) in [6.45, 7) is 2.17. The molecule has 0 fully saturated rings. The molecule has 0 spiro atoms. The molecule has 2 unspecified atom stereocenters. The van der Waals surface area contributed by atoms with Gasteiger partial charge in [0.15, 0.2) is 0 Å². The summed E-state index contributed by atoms with van der Waals surface area (Å²) in [6.07, 6.45) is 3.19. The molecule has 0 aliphatic heterocycles. The molecule has 3 heteroatoms. The van der Waals surface area contributed by atoms with Gasteiger partial charge in [-0.05, 0) is 35.2 Å². The van der Waals surface area contributed by atoms with Crippen LogP contribution in [0.2, 0.25) is 0 Å². The van der Waals surface area contributed by atoms with E-state index in [0.29, 0.717) is 0 Å². The van der Waals surface area contributed by atoms with E-state index in [-0.39, 0.29) is 12.1 Å². The first-order valence-corrected chi connectivity index (χ1v) is 7.37. The maximum atomic E-state index is 6.28. The SMILES string of the molecule is CCCC(OC)C(N)Cc1csc2ccccc12. The molecule has 0 saturated carbocycles. The van der Waals surface area contributed by atoms with Crippen molar-refractivity contribution in [3.63, 3.8) is 0 Å². The normalized spacial score (nSPS) is 14.8. The van der Waals surface area contributed by atoms with E-state index >= 15 is 0 Å². The quantitative estimate of drug-likeness (QED) is 0.864. The fourth-order valence-corrected chi connectivity index (χ4v) is 3.34. The van der Waals surface area contributed by atoms with Crippen LogP contribution in [0.3, 0.4) is 0 Å². The predicted molar refractivity (Wildman–Crippen MR) is 79.2 cm³/mol. The number of hydrogen-bond acceptors (Lipinski definition) is 3. The summed E-state index contributed by atoms with van der Waals surface area (Å²) in [5.41, 5.74) is 7.62. The van der Waals surface area contributed by atoms with Gasteiger partial charge in [-0.15, -0.1) is 11.3 Å². The van der Waals surface area contributed by atoms with E-state index in [1.54, 1.807) is 18.4 Å². The summed E-state index contributed by atoms with van der Waals surface area (Å²) in [7, 11) is 1.76. The Hall–Kier alpha value is -0.900. The first kappa shape index (κ1) is 13.5. The lowest BCUT2D eigenvalue weighted by atomic mass is 9.99. The van der Waals surface area contributed by atoms with Gasteiger partial charge in [-0.3, -0.25) is 0 Å². The lowest BCUT2D eigenvalue weighted by molar-refractivity contribution is 0.0728. The third kappa shape index (κ3) is 2.91. The standard InChI is InChI=1S/C15H21NOS/c1-3-6-14(17-2)13(16)9-11-10-18-15-8-5-4-7-12(11)15/h4-5,7-8,10,13-14H,3,6,9,16H2,1-2H3. The molecule has 2 N–H and O–H groups in total. The first-order valence-electron chi connectivity index (χ1n) is 6.49. The van der Waals surface area contributed by atoms with Crippen LogP contribution in [0.25, 0.3) is 10.1 Å². The van der Waals surface area contributed by atoms with Crippen LogP contribution in [0.15, 0.2) is 29.6 Å². The highest BCUT2D eigenvalue weighted by Gasteiger charge is 2.18. The molecule has 0 bridgehead atoms. The highest BCUT2D eigenvalue weighted by atomic mass is 32.1. The van der Waals surface area contributed by atoms with Gasteiger partial charge >= 0.3 is 0 Å². The number of hydrogen-bond donors (Lipinski definition) is 1. The minimum absolute atomic E-state index is 0.0768. The molecule has 98 valence electrons. The monoisotopic (exact) mass is 263 g/mol. The molecular formula is C15H21NOS. The molecule has 0 amide bonds. The van der Waals surface area contributed by atoms with Gasteiger partial charge in [-0.25, -0.2) is 0 Å². The average Bonchev–Trinajstić information content (AvgIpc) is 2.79. The second-order valence-electron chi connectivity index (χ2n) is 4.69. The maximum absolute atomic E-state index is 6.28. The summed E-state index contributed by atoms with van der Waals surface area (Å²) in [5, 5.41) is 3.56. The van der Waals surface area contributed by atoms with Crippen LogP contribution < -0.4 is 5.73 Å². The van der Waals surface area contributed by atoms with E-state index in [9.17, 15) is 0 Å². The minimum Gasteiger partial charge on any atom is -0.380 e. The van der Waals surface area contributed by atoms with Crippen LogP contribution >= 0.6 is 11.3 Å². The smallest absolute Gasteiger partial charge is 0.0725 e. The van der Waals surface area contributed by atoms with Gasteiger partial charge in [-0.1, -0.05) is 31.5 Å². The lowest BCUT2D eigenvalue weighted by Crippen LogP contribution is -2.37. The fraction of sp³-hybridized carbons (Fsp3) is 0.467.